The molecule has 2 heterocycles. The molecule has 3 rings (SSSR count). The molecule has 0 radical (unpaired) electrons. The van der Waals surface area contributed by atoms with Crippen molar-refractivity contribution in [3.05, 3.63) is 59.0 Å². The van der Waals surface area contributed by atoms with Gasteiger partial charge in [-0.25, -0.2) is 0 Å². The Hall–Kier alpha value is -2.58. The molecule has 1 N–H and O–H groups in total. The van der Waals surface area contributed by atoms with Crippen LogP contribution in [0.25, 0.3) is 0 Å². The highest BCUT2D eigenvalue weighted by atomic mass is 16.3. The molecule has 5 heteroatoms. The first-order chi connectivity index (χ1) is 11.2. The lowest BCUT2D eigenvalue weighted by atomic mass is 10.1. The lowest BCUT2D eigenvalue weighted by Crippen LogP contribution is -2.23. The number of carbonyl (C=O) groups excluding carboxylic acids is 1. The maximum absolute atomic E-state index is 11.7. The van der Waals surface area contributed by atoms with Gasteiger partial charge >= 0.3 is 0 Å². The van der Waals surface area contributed by atoms with Crippen molar-refractivity contribution in [3.8, 4) is 6.07 Å². The number of carbonyl (C=O) groups is 1. The number of amides is 1. The number of hydrogen-bond acceptors (Lipinski definition) is 4. The fourth-order valence-electron chi connectivity index (χ4n) is 2.79. The van der Waals surface area contributed by atoms with Crippen molar-refractivity contribution in [2.45, 2.75) is 32.5 Å². The molecule has 1 aromatic heterocycles. The van der Waals surface area contributed by atoms with Crippen LogP contribution in [0.15, 0.2) is 40.8 Å². The smallest absolute Gasteiger partial charge is 0.222 e. The molecule has 5 nitrogen and oxygen atoms in total. The van der Waals surface area contributed by atoms with E-state index in [0.29, 0.717) is 31.8 Å². The summed E-state index contributed by atoms with van der Waals surface area (Å²) in [6, 6.07) is 13.7. The molecule has 1 saturated heterocycles. The number of furan rings is 1. The Bertz CT molecular complexity index is 730. The van der Waals surface area contributed by atoms with Crippen molar-refractivity contribution in [1.82, 2.24) is 10.2 Å². The Balaban J connectivity index is 1.53. The Morgan fingerprint density at radius 1 is 1.22 bits per heavy atom. The van der Waals surface area contributed by atoms with Gasteiger partial charge in [0.15, 0.2) is 0 Å². The summed E-state index contributed by atoms with van der Waals surface area (Å²) in [6.07, 6.45) is 1.64. The van der Waals surface area contributed by atoms with Crippen molar-refractivity contribution in [1.29, 1.82) is 5.26 Å². The summed E-state index contributed by atoms with van der Waals surface area (Å²) in [4.78, 5) is 13.6. The zero-order valence-corrected chi connectivity index (χ0v) is 12.9. The number of nitrogens with one attached hydrogen (secondary N) is 1. The topological polar surface area (TPSA) is 69.3 Å². The summed E-state index contributed by atoms with van der Waals surface area (Å²) in [5, 5.41) is 12.0. The Morgan fingerprint density at radius 3 is 2.83 bits per heavy atom. The SMILES string of the molecule is N#Cc1ccc(CNCc2cccc(CN3CCCC3=O)c2)o1. The Labute approximate surface area is 135 Å². The minimum Gasteiger partial charge on any atom is -0.449 e. The standard InChI is InChI=1S/C18H19N3O2/c19-10-16-6-7-17(23-16)12-20-11-14-3-1-4-15(9-14)13-21-8-2-5-18(21)22/h1,3-4,6-7,9,20H,2,5,8,11-13H2. The molecule has 0 unspecified atom stereocenters. The number of nitrogens with zero attached hydrogens (tertiary/aromatic N) is 2. The summed E-state index contributed by atoms with van der Waals surface area (Å²) in [5.41, 5.74) is 2.32. The number of nitriles is 1. The molecule has 23 heavy (non-hydrogen) atoms. The first kappa shape index (κ1) is 15.3. The van der Waals surface area contributed by atoms with Gasteiger partial charge in [-0.05, 0) is 29.7 Å². The minimum absolute atomic E-state index is 0.250. The summed E-state index contributed by atoms with van der Waals surface area (Å²) >= 11 is 0. The second kappa shape index (κ2) is 7.12. The molecule has 0 spiro atoms. The van der Waals surface area contributed by atoms with E-state index in [1.165, 1.54) is 5.56 Å². The van der Waals surface area contributed by atoms with E-state index in [4.69, 9.17) is 9.68 Å². The molecule has 1 aliphatic rings. The van der Waals surface area contributed by atoms with Crippen LogP contribution in [0.2, 0.25) is 0 Å². The fourth-order valence-corrected chi connectivity index (χ4v) is 2.79. The summed E-state index contributed by atoms with van der Waals surface area (Å²) < 4.78 is 5.33. The van der Waals surface area contributed by atoms with Crippen LogP contribution in [-0.4, -0.2) is 17.4 Å². The molecule has 118 valence electrons. The predicted molar refractivity (Wildman–Crippen MR) is 85.1 cm³/mol. The van der Waals surface area contributed by atoms with Gasteiger partial charge in [0.25, 0.3) is 0 Å². The van der Waals surface area contributed by atoms with Crippen LogP contribution in [-0.2, 0) is 24.4 Å². The van der Waals surface area contributed by atoms with E-state index in [-0.39, 0.29) is 5.91 Å². The van der Waals surface area contributed by atoms with Crippen molar-refractivity contribution >= 4 is 5.91 Å². The number of hydrogen-bond donors (Lipinski definition) is 1. The third-order valence-electron chi connectivity index (χ3n) is 3.94. The van der Waals surface area contributed by atoms with Crippen molar-refractivity contribution in [2.24, 2.45) is 0 Å². The lowest BCUT2D eigenvalue weighted by molar-refractivity contribution is -0.128. The van der Waals surface area contributed by atoms with Crippen molar-refractivity contribution in [2.75, 3.05) is 6.54 Å². The highest BCUT2D eigenvalue weighted by molar-refractivity contribution is 5.78. The molecule has 1 aromatic carbocycles. The van der Waals surface area contributed by atoms with E-state index in [2.05, 4.69) is 23.5 Å². The molecule has 1 aliphatic heterocycles. The van der Waals surface area contributed by atoms with Crippen molar-refractivity contribution in [3.63, 3.8) is 0 Å². The Kier molecular flexibility index (Phi) is 4.74. The van der Waals surface area contributed by atoms with Crippen molar-refractivity contribution < 1.29 is 9.21 Å². The number of benzene rings is 1. The van der Waals surface area contributed by atoms with Gasteiger partial charge < -0.3 is 14.6 Å². The highest BCUT2D eigenvalue weighted by Crippen LogP contribution is 2.15. The monoisotopic (exact) mass is 309 g/mol. The van der Waals surface area contributed by atoms with Gasteiger partial charge in [0.05, 0.1) is 6.54 Å². The third-order valence-corrected chi connectivity index (χ3v) is 3.94. The van der Waals surface area contributed by atoms with E-state index >= 15 is 0 Å². The van der Waals surface area contributed by atoms with E-state index in [1.54, 1.807) is 12.1 Å². The van der Waals surface area contributed by atoms with Gasteiger partial charge in [-0.1, -0.05) is 24.3 Å². The normalized spacial score (nSPS) is 14.2. The second-order valence-electron chi connectivity index (χ2n) is 5.72. The molecule has 0 atom stereocenters. The molecule has 1 fully saturated rings. The molecule has 1 amide bonds. The van der Waals surface area contributed by atoms with Crippen LogP contribution in [0, 0.1) is 11.3 Å². The maximum atomic E-state index is 11.7. The quantitative estimate of drug-likeness (QED) is 0.890. The minimum atomic E-state index is 0.250. The van der Waals surface area contributed by atoms with Gasteiger partial charge in [-0.15, -0.1) is 0 Å². The summed E-state index contributed by atoms with van der Waals surface area (Å²) in [5.74, 6) is 1.33. The molecule has 0 bridgehead atoms. The van der Waals surface area contributed by atoms with Gasteiger partial charge in [0.1, 0.15) is 11.8 Å². The molecule has 2 aromatic rings. The van der Waals surface area contributed by atoms with E-state index in [1.807, 2.05) is 17.0 Å². The van der Waals surface area contributed by atoms with Gasteiger partial charge in [-0.3, -0.25) is 4.79 Å². The van der Waals surface area contributed by atoms with Crippen LogP contribution < -0.4 is 5.32 Å². The zero-order valence-electron chi connectivity index (χ0n) is 12.9. The summed E-state index contributed by atoms with van der Waals surface area (Å²) in [7, 11) is 0. The maximum Gasteiger partial charge on any atom is 0.222 e. The summed E-state index contributed by atoms with van der Waals surface area (Å²) in [6.45, 7) is 2.85. The van der Waals surface area contributed by atoms with Gasteiger partial charge in [0, 0.05) is 26.1 Å². The Morgan fingerprint density at radius 2 is 2.09 bits per heavy atom. The van der Waals surface area contributed by atoms with Crippen LogP contribution in [0.3, 0.4) is 0 Å². The fraction of sp³-hybridized carbons (Fsp3) is 0.333. The van der Waals surface area contributed by atoms with Gasteiger partial charge in [-0.2, -0.15) is 5.26 Å². The number of likely N-dealkylation sites (tertiary alicyclic amines) is 1. The first-order valence-electron chi connectivity index (χ1n) is 7.80. The molecule has 0 saturated carbocycles. The lowest BCUT2D eigenvalue weighted by Gasteiger charge is -2.16. The largest absolute Gasteiger partial charge is 0.449 e. The third kappa shape index (κ3) is 3.99. The molecular weight excluding hydrogens is 290 g/mol. The molecule has 0 aliphatic carbocycles. The van der Waals surface area contributed by atoms with E-state index in [9.17, 15) is 4.79 Å². The van der Waals surface area contributed by atoms with Crippen LogP contribution in [0.1, 0.15) is 35.5 Å². The number of rotatable bonds is 6. The highest BCUT2D eigenvalue weighted by Gasteiger charge is 2.19. The van der Waals surface area contributed by atoms with Crippen LogP contribution in [0.4, 0.5) is 0 Å². The first-order valence-corrected chi connectivity index (χ1v) is 7.80. The van der Waals surface area contributed by atoms with E-state index < -0.39 is 0 Å². The van der Waals surface area contributed by atoms with E-state index in [0.717, 1.165) is 24.3 Å². The van der Waals surface area contributed by atoms with Crippen LogP contribution in [0.5, 0.6) is 0 Å². The predicted octanol–water partition coefficient (Wildman–Crippen LogP) is 2.56. The average Bonchev–Trinajstić information content (AvgIpc) is 3.17. The zero-order chi connectivity index (χ0) is 16.1. The second-order valence-corrected chi connectivity index (χ2v) is 5.72. The average molecular weight is 309 g/mol. The van der Waals surface area contributed by atoms with Gasteiger partial charge in [0.2, 0.25) is 11.7 Å². The molecular formula is C18H19N3O2. The van der Waals surface area contributed by atoms with Crippen LogP contribution >= 0.6 is 0 Å².